The summed E-state index contributed by atoms with van der Waals surface area (Å²) < 4.78 is 0. The van der Waals surface area contributed by atoms with Gasteiger partial charge in [-0.05, 0) is 77.3 Å². The molecule has 0 saturated carbocycles. The minimum Gasteiger partial charge on any atom is -0.392 e. The van der Waals surface area contributed by atoms with Crippen LogP contribution in [0.5, 0.6) is 0 Å². The Balaban J connectivity index is 4.46. The van der Waals surface area contributed by atoms with E-state index in [2.05, 4.69) is 37.5 Å². The van der Waals surface area contributed by atoms with E-state index in [0.29, 0.717) is 39.0 Å². The Kier molecular flexibility index (Phi) is 49.1. The average molecular weight is 946 g/mol. The van der Waals surface area contributed by atoms with Crippen LogP contribution in [0, 0.1) is 0 Å². The number of aliphatic hydroxyl groups excluding tert-OH is 4. The molecule has 10 heteroatoms. The predicted octanol–water partition coefficient (Wildman–Crippen LogP) is 13.7. The summed E-state index contributed by atoms with van der Waals surface area (Å²) in [5.41, 5.74) is 0. The lowest BCUT2D eigenvalue weighted by Gasteiger charge is -2.27. The van der Waals surface area contributed by atoms with Gasteiger partial charge in [0.05, 0.1) is 24.4 Å². The summed E-state index contributed by atoms with van der Waals surface area (Å²) in [7, 11) is 0. The molecule has 0 aliphatic rings. The van der Waals surface area contributed by atoms with E-state index in [-0.39, 0.29) is 34.6 Å². The van der Waals surface area contributed by atoms with Crippen LogP contribution in [-0.4, -0.2) is 116 Å². The quantitative estimate of drug-likeness (QED) is 0.0439. The van der Waals surface area contributed by atoms with Crippen LogP contribution in [0.25, 0.3) is 0 Å². The standard InChI is InChI=1S/C54H108N2O6S2/c1-5-9-13-17-21-25-35-49(57)45-55(46-50(58)36-26-22-18-14-10-6-2)41-31-29-39-53(61)63-43-33-34-44-64-54(62)40-30-32-42-56(47-51(59)37-27-23-19-15-11-7-3)48-52(60)38-28-24-20-16-12-8-4/h49-52,57-60H,5-48H2,1-4H3. The number of thioether (sulfide) groups is 2. The van der Waals surface area contributed by atoms with Gasteiger partial charge in [0.25, 0.3) is 0 Å². The topological polar surface area (TPSA) is 122 Å². The van der Waals surface area contributed by atoms with Crippen molar-refractivity contribution >= 4 is 33.8 Å². The molecule has 0 rings (SSSR count). The maximum Gasteiger partial charge on any atom is 0.188 e. The molecule has 4 unspecified atom stereocenters. The lowest BCUT2D eigenvalue weighted by molar-refractivity contribution is -0.111. The molecule has 0 heterocycles. The van der Waals surface area contributed by atoms with E-state index in [9.17, 15) is 30.0 Å². The van der Waals surface area contributed by atoms with Gasteiger partial charge >= 0.3 is 0 Å². The molecule has 0 aliphatic carbocycles. The highest BCUT2D eigenvalue weighted by atomic mass is 32.2. The molecule has 0 aliphatic heterocycles. The highest BCUT2D eigenvalue weighted by Crippen LogP contribution is 2.18. The predicted molar refractivity (Wildman–Crippen MR) is 281 cm³/mol. The largest absolute Gasteiger partial charge is 0.392 e. The minimum atomic E-state index is -0.371. The van der Waals surface area contributed by atoms with Gasteiger partial charge in [0.1, 0.15) is 0 Å². The van der Waals surface area contributed by atoms with Crippen molar-refractivity contribution in [2.45, 2.75) is 283 Å². The summed E-state index contributed by atoms with van der Waals surface area (Å²) in [5, 5.41) is 43.9. The van der Waals surface area contributed by atoms with Gasteiger partial charge in [0.2, 0.25) is 0 Å². The van der Waals surface area contributed by atoms with Gasteiger partial charge in [0, 0.05) is 50.5 Å². The van der Waals surface area contributed by atoms with Crippen molar-refractivity contribution in [3.63, 3.8) is 0 Å². The Bertz CT molecular complexity index is 871. The molecule has 0 aromatic carbocycles. The first-order valence-corrected chi connectivity index (χ1v) is 29.6. The average Bonchev–Trinajstić information content (AvgIpc) is 3.27. The van der Waals surface area contributed by atoms with Crippen molar-refractivity contribution in [1.82, 2.24) is 9.80 Å². The first-order chi connectivity index (χ1) is 31.1. The zero-order valence-corrected chi connectivity index (χ0v) is 44.4. The molecule has 0 aromatic heterocycles. The number of aliphatic hydroxyl groups is 4. The Morgan fingerprint density at radius 3 is 0.859 bits per heavy atom. The van der Waals surface area contributed by atoms with Gasteiger partial charge in [-0.1, -0.05) is 205 Å². The van der Waals surface area contributed by atoms with Crippen LogP contribution < -0.4 is 0 Å². The first kappa shape index (κ1) is 63.8. The Morgan fingerprint density at radius 2 is 0.594 bits per heavy atom. The van der Waals surface area contributed by atoms with E-state index in [1.165, 1.54) is 152 Å². The van der Waals surface area contributed by atoms with Crippen LogP contribution in [0.4, 0.5) is 0 Å². The number of rotatable bonds is 51. The number of nitrogens with zero attached hydrogens (tertiary/aromatic N) is 2. The molecule has 0 aromatic rings. The van der Waals surface area contributed by atoms with Crippen molar-refractivity contribution in [1.29, 1.82) is 0 Å². The summed E-state index contributed by atoms with van der Waals surface area (Å²) in [4.78, 5) is 29.8. The fourth-order valence-corrected chi connectivity index (χ4v) is 10.4. The van der Waals surface area contributed by atoms with E-state index in [1.807, 2.05) is 0 Å². The highest BCUT2D eigenvalue weighted by Gasteiger charge is 2.18. The van der Waals surface area contributed by atoms with Crippen LogP contribution in [-0.2, 0) is 9.59 Å². The molecule has 0 spiro atoms. The second-order valence-corrected chi connectivity index (χ2v) is 21.7. The molecule has 382 valence electrons. The van der Waals surface area contributed by atoms with Crippen molar-refractivity contribution in [2.24, 2.45) is 0 Å². The normalized spacial score (nSPS) is 13.8. The summed E-state index contributed by atoms with van der Waals surface area (Å²) in [6.07, 6.45) is 37.3. The summed E-state index contributed by atoms with van der Waals surface area (Å²) in [5.74, 6) is 1.58. The fraction of sp³-hybridized carbons (Fsp3) is 0.963. The minimum absolute atomic E-state index is 0.236. The van der Waals surface area contributed by atoms with Crippen LogP contribution >= 0.6 is 23.5 Å². The third kappa shape index (κ3) is 45.6. The molecular weight excluding hydrogens is 837 g/mol. The Morgan fingerprint density at radius 1 is 0.344 bits per heavy atom. The van der Waals surface area contributed by atoms with Crippen molar-refractivity contribution < 1.29 is 30.0 Å². The van der Waals surface area contributed by atoms with E-state index >= 15 is 0 Å². The zero-order valence-electron chi connectivity index (χ0n) is 42.7. The van der Waals surface area contributed by atoms with Crippen molar-refractivity contribution in [3.05, 3.63) is 0 Å². The second-order valence-electron chi connectivity index (χ2n) is 19.4. The van der Waals surface area contributed by atoms with Crippen LogP contribution in [0.2, 0.25) is 0 Å². The van der Waals surface area contributed by atoms with Crippen LogP contribution in [0.3, 0.4) is 0 Å². The number of unbranched alkanes of at least 4 members (excludes halogenated alkanes) is 23. The fourth-order valence-electron chi connectivity index (χ4n) is 8.64. The molecule has 0 amide bonds. The third-order valence-corrected chi connectivity index (χ3v) is 14.8. The molecule has 0 saturated heterocycles. The van der Waals surface area contributed by atoms with Crippen molar-refractivity contribution in [3.8, 4) is 0 Å². The summed E-state index contributed by atoms with van der Waals surface area (Å²) in [6.45, 7) is 12.9. The summed E-state index contributed by atoms with van der Waals surface area (Å²) >= 11 is 2.85. The van der Waals surface area contributed by atoms with E-state index < -0.39 is 0 Å². The van der Waals surface area contributed by atoms with Gasteiger partial charge in [-0.2, -0.15) is 0 Å². The van der Waals surface area contributed by atoms with Crippen molar-refractivity contribution in [2.75, 3.05) is 50.8 Å². The highest BCUT2D eigenvalue weighted by molar-refractivity contribution is 8.13. The van der Waals surface area contributed by atoms with E-state index in [0.717, 1.165) is 114 Å². The number of hydrogen-bond acceptors (Lipinski definition) is 10. The second kappa shape index (κ2) is 49.2. The van der Waals surface area contributed by atoms with E-state index in [4.69, 9.17) is 0 Å². The SMILES string of the molecule is CCCCCCCCC(O)CN(CCCCC(=O)SCCCCSC(=O)CCCCN(CC(O)CCCCCCCC)CC(O)CCCCCCCC)CC(O)CCCCCCCC. The lowest BCUT2D eigenvalue weighted by atomic mass is 10.1. The molecule has 4 N–H and O–H groups in total. The lowest BCUT2D eigenvalue weighted by Crippen LogP contribution is -2.38. The monoisotopic (exact) mass is 945 g/mol. The Hall–Kier alpha value is -0.200. The van der Waals surface area contributed by atoms with Crippen LogP contribution in [0.1, 0.15) is 259 Å². The van der Waals surface area contributed by atoms with Crippen LogP contribution in [0.15, 0.2) is 0 Å². The molecule has 0 radical (unpaired) electrons. The summed E-state index contributed by atoms with van der Waals surface area (Å²) in [6, 6.07) is 0. The Labute approximate surface area is 405 Å². The molecule has 0 fully saturated rings. The van der Waals surface area contributed by atoms with E-state index in [1.54, 1.807) is 0 Å². The molecule has 4 atom stereocenters. The zero-order chi connectivity index (χ0) is 47.1. The molecule has 0 bridgehead atoms. The third-order valence-electron chi connectivity index (χ3n) is 12.7. The van der Waals surface area contributed by atoms with Gasteiger partial charge in [-0.15, -0.1) is 0 Å². The van der Waals surface area contributed by atoms with Gasteiger partial charge in [-0.3, -0.25) is 19.4 Å². The molecule has 8 nitrogen and oxygen atoms in total. The number of hydrogen-bond donors (Lipinski definition) is 4. The number of carbonyl (C=O) groups excluding carboxylic acids is 2. The first-order valence-electron chi connectivity index (χ1n) is 27.6. The van der Waals surface area contributed by atoms with Gasteiger partial charge in [0.15, 0.2) is 10.2 Å². The maximum absolute atomic E-state index is 12.7. The molecule has 64 heavy (non-hydrogen) atoms. The smallest absolute Gasteiger partial charge is 0.188 e. The maximum atomic E-state index is 12.7. The van der Waals surface area contributed by atoms with Gasteiger partial charge < -0.3 is 20.4 Å². The molecular formula is C54H108N2O6S2. The van der Waals surface area contributed by atoms with Gasteiger partial charge in [-0.25, -0.2) is 0 Å². The number of carbonyl (C=O) groups is 2.